The Morgan fingerprint density at radius 3 is 2.64 bits per heavy atom. The number of rotatable bonds is 4. The first-order valence-corrected chi connectivity index (χ1v) is 8.03. The van der Waals surface area contributed by atoms with Gasteiger partial charge in [-0.1, -0.05) is 17.7 Å². The third kappa shape index (κ3) is 4.22. The summed E-state index contributed by atoms with van der Waals surface area (Å²) in [6.45, 7) is 2.36. The molecule has 0 aliphatic carbocycles. The minimum atomic E-state index is -0.617. The van der Waals surface area contributed by atoms with Crippen LogP contribution in [0.2, 0.25) is 5.02 Å². The molecule has 1 heterocycles. The molecule has 7 heteroatoms. The van der Waals surface area contributed by atoms with Gasteiger partial charge in [-0.3, -0.25) is 4.79 Å². The maximum atomic E-state index is 12.1. The molecule has 0 atom stereocenters. The van der Waals surface area contributed by atoms with Gasteiger partial charge in [-0.25, -0.2) is 4.79 Å². The van der Waals surface area contributed by atoms with Gasteiger partial charge in [0.15, 0.2) is 18.1 Å². The fourth-order valence-electron chi connectivity index (χ4n) is 2.25. The standard InChI is InChI=1S/C18H16ClNO5/c1-11-2-4-13(9-14(11)19)20-17(21)10-25-18(22)12-3-5-15-16(8-12)24-7-6-23-15/h2-5,8-9H,6-7,10H2,1H3,(H,20,21). The van der Waals surface area contributed by atoms with E-state index < -0.39 is 18.5 Å². The zero-order chi connectivity index (χ0) is 17.8. The third-order valence-corrected chi connectivity index (χ3v) is 3.98. The van der Waals surface area contributed by atoms with Gasteiger partial charge >= 0.3 is 5.97 Å². The first-order valence-electron chi connectivity index (χ1n) is 7.66. The first-order chi connectivity index (χ1) is 12.0. The smallest absolute Gasteiger partial charge is 0.338 e. The molecule has 2 aromatic carbocycles. The molecular formula is C18H16ClNO5. The zero-order valence-corrected chi connectivity index (χ0v) is 14.3. The Morgan fingerprint density at radius 2 is 1.88 bits per heavy atom. The fourth-order valence-corrected chi connectivity index (χ4v) is 2.43. The van der Waals surface area contributed by atoms with Gasteiger partial charge in [-0.15, -0.1) is 0 Å². The van der Waals surface area contributed by atoms with E-state index in [1.807, 2.05) is 6.92 Å². The Balaban J connectivity index is 1.56. The Labute approximate surface area is 149 Å². The van der Waals surface area contributed by atoms with Crippen molar-refractivity contribution in [3.63, 3.8) is 0 Å². The van der Waals surface area contributed by atoms with Gasteiger partial charge < -0.3 is 19.5 Å². The van der Waals surface area contributed by atoms with E-state index in [-0.39, 0.29) is 5.56 Å². The van der Waals surface area contributed by atoms with Crippen molar-refractivity contribution >= 4 is 29.2 Å². The second-order valence-corrected chi connectivity index (χ2v) is 5.85. The fraction of sp³-hybridized carbons (Fsp3) is 0.222. The van der Waals surface area contributed by atoms with Gasteiger partial charge in [0.1, 0.15) is 13.2 Å². The van der Waals surface area contributed by atoms with Crippen LogP contribution in [0, 0.1) is 6.92 Å². The van der Waals surface area contributed by atoms with Crippen molar-refractivity contribution in [2.45, 2.75) is 6.92 Å². The van der Waals surface area contributed by atoms with Crippen LogP contribution in [0.3, 0.4) is 0 Å². The van der Waals surface area contributed by atoms with Crippen LogP contribution in [0.1, 0.15) is 15.9 Å². The van der Waals surface area contributed by atoms with Crippen LogP contribution in [-0.2, 0) is 9.53 Å². The summed E-state index contributed by atoms with van der Waals surface area (Å²) in [4.78, 5) is 24.0. The van der Waals surface area contributed by atoms with Gasteiger partial charge in [0.25, 0.3) is 5.91 Å². The summed E-state index contributed by atoms with van der Waals surface area (Å²) in [5.41, 5.74) is 1.73. The van der Waals surface area contributed by atoms with Crippen molar-refractivity contribution in [3.05, 3.63) is 52.5 Å². The van der Waals surface area contributed by atoms with Crippen LogP contribution >= 0.6 is 11.6 Å². The number of amides is 1. The van der Waals surface area contributed by atoms with E-state index in [0.717, 1.165) is 5.56 Å². The molecule has 0 aromatic heterocycles. The number of anilines is 1. The molecular weight excluding hydrogens is 346 g/mol. The topological polar surface area (TPSA) is 73.9 Å². The number of carbonyl (C=O) groups excluding carboxylic acids is 2. The summed E-state index contributed by atoms with van der Waals surface area (Å²) in [5, 5.41) is 3.17. The predicted molar refractivity (Wildman–Crippen MR) is 92.5 cm³/mol. The molecule has 1 amide bonds. The van der Waals surface area contributed by atoms with Crippen molar-refractivity contribution in [3.8, 4) is 11.5 Å². The molecule has 0 saturated carbocycles. The second kappa shape index (κ2) is 7.44. The lowest BCUT2D eigenvalue weighted by molar-refractivity contribution is -0.119. The Morgan fingerprint density at radius 1 is 1.12 bits per heavy atom. The second-order valence-electron chi connectivity index (χ2n) is 5.45. The van der Waals surface area contributed by atoms with E-state index >= 15 is 0 Å². The predicted octanol–water partition coefficient (Wildman–Crippen LogP) is 3.22. The summed E-state index contributed by atoms with van der Waals surface area (Å²) in [6, 6.07) is 9.89. The van der Waals surface area contributed by atoms with E-state index in [1.165, 1.54) is 6.07 Å². The molecule has 0 spiro atoms. The quantitative estimate of drug-likeness (QED) is 0.846. The van der Waals surface area contributed by atoms with E-state index in [9.17, 15) is 9.59 Å². The number of esters is 1. The highest BCUT2D eigenvalue weighted by molar-refractivity contribution is 6.31. The number of aryl methyl sites for hydroxylation is 1. The lowest BCUT2D eigenvalue weighted by Gasteiger charge is -2.18. The number of carbonyl (C=O) groups is 2. The lowest BCUT2D eigenvalue weighted by Crippen LogP contribution is -2.21. The van der Waals surface area contributed by atoms with E-state index in [1.54, 1.807) is 30.3 Å². The number of fused-ring (bicyclic) bond motifs is 1. The summed E-state index contributed by atoms with van der Waals surface area (Å²) >= 11 is 6.00. The van der Waals surface area contributed by atoms with Crippen LogP contribution in [0.4, 0.5) is 5.69 Å². The lowest BCUT2D eigenvalue weighted by atomic mass is 10.2. The summed E-state index contributed by atoms with van der Waals surface area (Å²) in [7, 11) is 0. The van der Waals surface area contributed by atoms with Gasteiger partial charge in [-0.2, -0.15) is 0 Å². The zero-order valence-electron chi connectivity index (χ0n) is 13.5. The largest absolute Gasteiger partial charge is 0.486 e. The van der Waals surface area contributed by atoms with Gasteiger partial charge in [0.05, 0.1) is 5.56 Å². The Kier molecular flexibility index (Phi) is 5.09. The number of halogens is 1. The van der Waals surface area contributed by atoms with Crippen LogP contribution in [0.5, 0.6) is 11.5 Å². The highest BCUT2D eigenvalue weighted by atomic mass is 35.5. The molecule has 1 aliphatic rings. The summed E-state index contributed by atoms with van der Waals surface area (Å²) in [5.74, 6) is -0.00360. The van der Waals surface area contributed by atoms with Crippen LogP contribution < -0.4 is 14.8 Å². The van der Waals surface area contributed by atoms with Crippen molar-refractivity contribution in [2.24, 2.45) is 0 Å². The monoisotopic (exact) mass is 361 g/mol. The van der Waals surface area contributed by atoms with Crippen LogP contribution in [0.15, 0.2) is 36.4 Å². The maximum Gasteiger partial charge on any atom is 0.338 e. The summed E-state index contributed by atoms with van der Waals surface area (Å²) < 4.78 is 15.8. The first kappa shape index (κ1) is 17.1. The SMILES string of the molecule is Cc1ccc(NC(=O)COC(=O)c2ccc3c(c2)OCCO3)cc1Cl. The normalized spacial score (nSPS) is 12.4. The summed E-state index contributed by atoms with van der Waals surface area (Å²) in [6.07, 6.45) is 0. The Bertz CT molecular complexity index is 821. The average Bonchev–Trinajstić information content (AvgIpc) is 2.62. The van der Waals surface area contributed by atoms with Crippen LogP contribution in [0.25, 0.3) is 0 Å². The van der Waals surface area contributed by atoms with Crippen molar-refractivity contribution in [1.29, 1.82) is 0 Å². The minimum Gasteiger partial charge on any atom is -0.486 e. The molecule has 0 unspecified atom stereocenters. The van der Waals surface area contributed by atoms with Crippen molar-refractivity contribution in [2.75, 3.05) is 25.1 Å². The highest BCUT2D eigenvalue weighted by Gasteiger charge is 2.16. The molecule has 0 fully saturated rings. The van der Waals surface area contributed by atoms with Gasteiger partial charge in [0.2, 0.25) is 0 Å². The molecule has 1 aliphatic heterocycles. The molecule has 6 nitrogen and oxygen atoms in total. The molecule has 2 aromatic rings. The maximum absolute atomic E-state index is 12.1. The number of ether oxygens (including phenoxy) is 3. The number of benzene rings is 2. The highest BCUT2D eigenvalue weighted by Crippen LogP contribution is 2.30. The van der Waals surface area contributed by atoms with E-state index in [2.05, 4.69) is 5.32 Å². The molecule has 0 bridgehead atoms. The third-order valence-electron chi connectivity index (χ3n) is 3.57. The average molecular weight is 362 g/mol. The minimum absolute atomic E-state index is 0.287. The molecule has 0 saturated heterocycles. The molecule has 0 radical (unpaired) electrons. The van der Waals surface area contributed by atoms with Crippen molar-refractivity contribution < 1.29 is 23.8 Å². The van der Waals surface area contributed by atoms with Crippen molar-refractivity contribution in [1.82, 2.24) is 0 Å². The molecule has 25 heavy (non-hydrogen) atoms. The van der Waals surface area contributed by atoms with Gasteiger partial charge in [0, 0.05) is 10.7 Å². The Hall–Kier alpha value is -2.73. The van der Waals surface area contributed by atoms with E-state index in [0.29, 0.717) is 35.4 Å². The number of hydrogen-bond donors (Lipinski definition) is 1. The van der Waals surface area contributed by atoms with E-state index in [4.69, 9.17) is 25.8 Å². The van der Waals surface area contributed by atoms with Crippen LogP contribution in [-0.4, -0.2) is 31.7 Å². The number of hydrogen-bond acceptors (Lipinski definition) is 5. The van der Waals surface area contributed by atoms with Gasteiger partial charge in [-0.05, 0) is 42.8 Å². The number of nitrogens with one attached hydrogen (secondary N) is 1. The molecule has 3 rings (SSSR count). The molecule has 130 valence electrons. The molecule has 1 N–H and O–H groups in total.